The Morgan fingerprint density at radius 2 is 1.87 bits per heavy atom. The second kappa shape index (κ2) is 8.10. The van der Waals surface area contributed by atoms with Gasteiger partial charge in [-0.2, -0.15) is 17.0 Å². The summed E-state index contributed by atoms with van der Waals surface area (Å²) in [4.78, 5) is 0. The van der Waals surface area contributed by atoms with Crippen molar-refractivity contribution in [2.24, 2.45) is 17.8 Å². The van der Waals surface area contributed by atoms with E-state index in [1.54, 1.807) is 18.4 Å². The zero-order chi connectivity index (χ0) is 17.0. The predicted octanol–water partition coefficient (Wildman–Crippen LogP) is 2.09. The fourth-order valence-corrected chi connectivity index (χ4v) is 4.89. The van der Waals surface area contributed by atoms with Gasteiger partial charge in [0, 0.05) is 33.7 Å². The molecule has 2 aliphatic rings. The molecular weight excluding hydrogens is 310 g/mol. The molecule has 0 radical (unpaired) electrons. The molecule has 0 saturated carbocycles. The van der Waals surface area contributed by atoms with Crippen molar-refractivity contribution < 1.29 is 8.42 Å². The Labute approximate surface area is 142 Å². The molecule has 1 aliphatic heterocycles. The molecule has 6 heteroatoms. The quantitative estimate of drug-likeness (QED) is 0.751. The lowest BCUT2D eigenvalue weighted by Crippen LogP contribution is -2.45. The fraction of sp³-hybridized carbons (Fsp3) is 0.882. The van der Waals surface area contributed by atoms with Crippen molar-refractivity contribution >= 4 is 10.2 Å². The Morgan fingerprint density at radius 1 is 1.22 bits per heavy atom. The average molecular weight is 344 g/mol. The van der Waals surface area contributed by atoms with Gasteiger partial charge in [-0.15, -0.1) is 0 Å². The Kier molecular flexibility index (Phi) is 6.66. The molecular formula is C17H33N3O2S. The Morgan fingerprint density at radius 3 is 2.43 bits per heavy atom. The van der Waals surface area contributed by atoms with E-state index in [0.717, 1.165) is 31.8 Å². The molecule has 2 atom stereocenters. The smallest absolute Gasteiger partial charge is 0.281 e. The molecule has 1 aliphatic carbocycles. The monoisotopic (exact) mass is 343 g/mol. The van der Waals surface area contributed by atoms with Gasteiger partial charge in [0.05, 0.1) is 0 Å². The highest BCUT2D eigenvalue weighted by molar-refractivity contribution is 7.86. The minimum atomic E-state index is -3.24. The number of rotatable bonds is 6. The van der Waals surface area contributed by atoms with E-state index >= 15 is 0 Å². The Bertz CT molecular complexity index is 508. The summed E-state index contributed by atoms with van der Waals surface area (Å²) in [5.41, 5.74) is 1.53. The van der Waals surface area contributed by atoms with Gasteiger partial charge in [-0.1, -0.05) is 18.6 Å². The van der Waals surface area contributed by atoms with Crippen LogP contribution in [-0.2, 0) is 10.2 Å². The molecule has 0 spiro atoms. The molecule has 1 fully saturated rings. The van der Waals surface area contributed by atoms with Crippen LogP contribution in [0.5, 0.6) is 0 Å². The number of nitrogens with one attached hydrogen (secondary N) is 1. The lowest BCUT2D eigenvalue weighted by molar-refractivity contribution is 0.251. The number of nitrogens with zero attached hydrogens (tertiary/aromatic N) is 2. The molecule has 0 amide bonds. The molecule has 0 bridgehead atoms. The minimum absolute atomic E-state index is 0.590. The fourth-order valence-electron chi connectivity index (χ4n) is 3.76. The summed E-state index contributed by atoms with van der Waals surface area (Å²) in [6, 6.07) is 0. The topological polar surface area (TPSA) is 52.7 Å². The largest absolute Gasteiger partial charge is 0.316 e. The molecule has 0 aromatic carbocycles. The van der Waals surface area contributed by atoms with Crippen molar-refractivity contribution in [2.45, 2.75) is 39.5 Å². The zero-order valence-electron chi connectivity index (χ0n) is 15.1. The summed E-state index contributed by atoms with van der Waals surface area (Å²) < 4.78 is 27.2. The Balaban J connectivity index is 1.73. The van der Waals surface area contributed by atoms with E-state index in [2.05, 4.69) is 25.2 Å². The van der Waals surface area contributed by atoms with Gasteiger partial charge in [0.2, 0.25) is 0 Å². The van der Waals surface area contributed by atoms with Gasteiger partial charge in [0.15, 0.2) is 0 Å². The summed E-state index contributed by atoms with van der Waals surface area (Å²) >= 11 is 0. The summed E-state index contributed by atoms with van der Waals surface area (Å²) in [6.45, 7) is 7.96. The van der Waals surface area contributed by atoms with Crippen LogP contribution in [0, 0.1) is 17.8 Å². The molecule has 23 heavy (non-hydrogen) atoms. The van der Waals surface area contributed by atoms with Crippen molar-refractivity contribution in [3.8, 4) is 0 Å². The van der Waals surface area contributed by atoms with Gasteiger partial charge < -0.3 is 5.32 Å². The third kappa shape index (κ3) is 4.78. The molecule has 0 aromatic heterocycles. The first kappa shape index (κ1) is 18.9. The van der Waals surface area contributed by atoms with Crippen molar-refractivity contribution in [2.75, 3.05) is 40.3 Å². The summed E-state index contributed by atoms with van der Waals surface area (Å²) in [5, 5.41) is 3.64. The third-order valence-corrected chi connectivity index (χ3v) is 7.46. The number of hydrogen-bond acceptors (Lipinski definition) is 3. The van der Waals surface area contributed by atoms with Crippen molar-refractivity contribution in [3.05, 3.63) is 11.6 Å². The van der Waals surface area contributed by atoms with Gasteiger partial charge in [0.25, 0.3) is 10.2 Å². The van der Waals surface area contributed by atoms with E-state index < -0.39 is 10.2 Å². The lowest BCUT2D eigenvalue weighted by Gasteiger charge is -2.34. The van der Waals surface area contributed by atoms with Crippen LogP contribution in [0.4, 0.5) is 0 Å². The van der Waals surface area contributed by atoms with E-state index in [0.29, 0.717) is 24.9 Å². The van der Waals surface area contributed by atoms with Gasteiger partial charge in [-0.05, 0) is 56.9 Å². The van der Waals surface area contributed by atoms with E-state index in [1.165, 1.54) is 22.7 Å². The first-order valence-electron chi connectivity index (χ1n) is 8.87. The molecule has 1 N–H and O–H groups in total. The van der Waals surface area contributed by atoms with Crippen LogP contribution in [0.25, 0.3) is 0 Å². The van der Waals surface area contributed by atoms with Gasteiger partial charge in [-0.25, -0.2) is 0 Å². The van der Waals surface area contributed by atoms with E-state index in [-0.39, 0.29) is 0 Å². The maximum Gasteiger partial charge on any atom is 0.281 e. The predicted molar refractivity (Wildman–Crippen MR) is 95.4 cm³/mol. The summed E-state index contributed by atoms with van der Waals surface area (Å²) in [7, 11) is -0.0341. The average Bonchev–Trinajstić information content (AvgIpc) is 2.50. The van der Waals surface area contributed by atoms with Crippen molar-refractivity contribution in [1.29, 1.82) is 0 Å². The van der Waals surface area contributed by atoms with Crippen LogP contribution in [-0.4, -0.2) is 57.3 Å². The molecule has 0 aromatic rings. The molecule has 5 nitrogen and oxygen atoms in total. The van der Waals surface area contributed by atoms with Crippen LogP contribution in [0.3, 0.4) is 0 Å². The van der Waals surface area contributed by atoms with Crippen LogP contribution < -0.4 is 5.32 Å². The SMILES string of the molecule is CC1=CCC[C@H](C)[C@@H]1CNCC1CCN(S(=O)(=O)N(C)C)CC1. The van der Waals surface area contributed by atoms with Crippen LogP contribution in [0.2, 0.25) is 0 Å². The minimum Gasteiger partial charge on any atom is -0.316 e. The van der Waals surface area contributed by atoms with Crippen LogP contribution in [0.1, 0.15) is 39.5 Å². The van der Waals surface area contributed by atoms with E-state index in [4.69, 9.17) is 0 Å². The second-order valence-electron chi connectivity index (χ2n) is 7.40. The first-order chi connectivity index (χ1) is 10.8. The summed E-state index contributed by atoms with van der Waals surface area (Å²) in [6.07, 6.45) is 6.81. The number of hydrogen-bond donors (Lipinski definition) is 1. The highest BCUT2D eigenvalue weighted by Crippen LogP contribution is 2.29. The van der Waals surface area contributed by atoms with Crippen LogP contribution in [0.15, 0.2) is 11.6 Å². The maximum absolute atomic E-state index is 12.1. The molecule has 134 valence electrons. The number of allylic oxidation sites excluding steroid dienone is 1. The summed E-state index contributed by atoms with van der Waals surface area (Å²) in [5.74, 6) is 2.02. The second-order valence-corrected chi connectivity index (χ2v) is 9.54. The highest BCUT2D eigenvalue weighted by atomic mass is 32.2. The maximum atomic E-state index is 12.1. The highest BCUT2D eigenvalue weighted by Gasteiger charge is 2.29. The molecule has 2 rings (SSSR count). The Hall–Kier alpha value is -0.430. The van der Waals surface area contributed by atoms with Crippen LogP contribution >= 0.6 is 0 Å². The van der Waals surface area contributed by atoms with Crippen molar-refractivity contribution in [3.63, 3.8) is 0 Å². The first-order valence-corrected chi connectivity index (χ1v) is 10.3. The van der Waals surface area contributed by atoms with Gasteiger partial charge in [0.1, 0.15) is 0 Å². The van der Waals surface area contributed by atoms with E-state index in [9.17, 15) is 8.42 Å². The third-order valence-electron chi connectivity index (χ3n) is 5.52. The van der Waals surface area contributed by atoms with Gasteiger partial charge in [-0.3, -0.25) is 0 Å². The molecule has 1 saturated heterocycles. The lowest BCUT2D eigenvalue weighted by atomic mass is 9.80. The standard InChI is InChI=1S/C17H33N3O2S/c1-14-6-5-7-15(2)17(14)13-18-12-16-8-10-20(11-9-16)23(21,22)19(3)4/h6,15-18H,5,7-13H2,1-4H3/t15-,17+/m0/s1. The molecule has 1 heterocycles. The normalized spacial score (nSPS) is 28.1. The van der Waals surface area contributed by atoms with Gasteiger partial charge >= 0.3 is 0 Å². The number of piperidine rings is 1. The molecule has 0 unspecified atom stereocenters. The zero-order valence-corrected chi connectivity index (χ0v) is 15.9. The van der Waals surface area contributed by atoms with Crippen molar-refractivity contribution in [1.82, 2.24) is 13.9 Å². The van der Waals surface area contributed by atoms with E-state index in [1.807, 2.05) is 0 Å².